The number of rotatable bonds is 3. The van der Waals surface area contributed by atoms with Gasteiger partial charge in [0.1, 0.15) is 5.75 Å². The van der Waals surface area contributed by atoms with E-state index in [0.717, 1.165) is 17.2 Å². The van der Waals surface area contributed by atoms with Crippen LogP contribution in [0.5, 0.6) is 11.5 Å². The summed E-state index contributed by atoms with van der Waals surface area (Å²) in [4.78, 5) is 0. The van der Waals surface area contributed by atoms with Gasteiger partial charge in [0, 0.05) is 0 Å². The fourth-order valence-corrected chi connectivity index (χ4v) is 1.70. The average Bonchev–Trinajstić information content (AvgIpc) is 2.42. The van der Waals surface area contributed by atoms with Gasteiger partial charge in [-0.2, -0.15) is 5.26 Å². The van der Waals surface area contributed by atoms with Gasteiger partial charge >= 0.3 is 0 Å². The molecule has 0 aromatic heterocycles. The number of hydrogen-bond donors (Lipinski definition) is 1. The molecule has 0 saturated carbocycles. The molecule has 0 bridgehead atoms. The second kappa shape index (κ2) is 5.51. The highest BCUT2D eigenvalue weighted by Crippen LogP contribution is 2.28. The molecule has 0 radical (unpaired) electrons. The van der Waals surface area contributed by atoms with E-state index in [2.05, 4.69) is 0 Å². The molecule has 19 heavy (non-hydrogen) atoms. The van der Waals surface area contributed by atoms with Crippen LogP contribution < -0.4 is 4.74 Å². The van der Waals surface area contributed by atoms with Crippen molar-refractivity contribution in [1.29, 1.82) is 5.26 Å². The molecule has 0 fully saturated rings. The van der Waals surface area contributed by atoms with E-state index in [-0.39, 0.29) is 17.9 Å². The molecule has 1 N–H and O–H groups in total. The minimum atomic E-state index is -0.579. The van der Waals surface area contributed by atoms with Gasteiger partial charge in [-0.1, -0.05) is 12.1 Å². The SMILES string of the molecule is Cc1cc(CO)ccc1Oc1ccc(C#N)cc1F. The quantitative estimate of drug-likeness (QED) is 0.917. The summed E-state index contributed by atoms with van der Waals surface area (Å²) in [5, 5.41) is 17.7. The van der Waals surface area contributed by atoms with Crippen LogP contribution in [0.3, 0.4) is 0 Å². The van der Waals surface area contributed by atoms with Crippen molar-refractivity contribution in [1.82, 2.24) is 0 Å². The minimum absolute atomic E-state index is 0.0493. The van der Waals surface area contributed by atoms with Gasteiger partial charge in [0.15, 0.2) is 11.6 Å². The molecule has 0 spiro atoms. The van der Waals surface area contributed by atoms with Crippen LogP contribution in [-0.2, 0) is 6.61 Å². The molecular formula is C15H12FNO2. The Bertz CT molecular complexity index is 647. The van der Waals surface area contributed by atoms with E-state index in [1.807, 2.05) is 13.0 Å². The van der Waals surface area contributed by atoms with Gasteiger partial charge in [0.05, 0.1) is 18.2 Å². The molecule has 0 saturated heterocycles. The third-order valence-corrected chi connectivity index (χ3v) is 2.70. The van der Waals surface area contributed by atoms with Gasteiger partial charge in [-0.15, -0.1) is 0 Å². The number of benzene rings is 2. The zero-order chi connectivity index (χ0) is 13.8. The maximum Gasteiger partial charge on any atom is 0.167 e. The lowest BCUT2D eigenvalue weighted by atomic mass is 10.1. The average molecular weight is 257 g/mol. The number of ether oxygens (including phenoxy) is 1. The molecule has 2 aromatic rings. The second-order valence-electron chi connectivity index (χ2n) is 4.12. The number of aryl methyl sites for hydroxylation is 1. The number of nitrogens with zero attached hydrogens (tertiary/aromatic N) is 1. The van der Waals surface area contributed by atoms with Gasteiger partial charge in [-0.25, -0.2) is 4.39 Å². The Balaban J connectivity index is 2.29. The molecule has 96 valence electrons. The van der Waals surface area contributed by atoms with Crippen molar-refractivity contribution in [2.24, 2.45) is 0 Å². The van der Waals surface area contributed by atoms with Crippen LogP contribution in [0.15, 0.2) is 36.4 Å². The first kappa shape index (κ1) is 13.1. The highest BCUT2D eigenvalue weighted by Gasteiger charge is 2.08. The van der Waals surface area contributed by atoms with Crippen molar-refractivity contribution in [2.45, 2.75) is 13.5 Å². The van der Waals surface area contributed by atoms with Gasteiger partial charge in [0.2, 0.25) is 0 Å². The highest BCUT2D eigenvalue weighted by atomic mass is 19.1. The summed E-state index contributed by atoms with van der Waals surface area (Å²) >= 11 is 0. The number of aliphatic hydroxyl groups excluding tert-OH is 1. The van der Waals surface area contributed by atoms with E-state index >= 15 is 0 Å². The number of nitriles is 1. The summed E-state index contributed by atoms with van der Waals surface area (Å²) in [7, 11) is 0. The van der Waals surface area contributed by atoms with Gasteiger partial charge in [-0.3, -0.25) is 0 Å². The van der Waals surface area contributed by atoms with Gasteiger partial charge in [-0.05, 0) is 42.3 Å². The monoisotopic (exact) mass is 257 g/mol. The van der Waals surface area contributed by atoms with Crippen molar-refractivity contribution in [3.8, 4) is 17.6 Å². The van der Waals surface area contributed by atoms with Crippen molar-refractivity contribution >= 4 is 0 Å². The topological polar surface area (TPSA) is 53.2 Å². The molecule has 3 nitrogen and oxygen atoms in total. The highest BCUT2D eigenvalue weighted by molar-refractivity contribution is 5.42. The summed E-state index contributed by atoms with van der Waals surface area (Å²) in [5.74, 6) is 0.00402. The maximum atomic E-state index is 13.7. The Morgan fingerprint density at radius 3 is 2.53 bits per heavy atom. The third-order valence-electron chi connectivity index (χ3n) is 2.70. The molecular weight excluding hydrogens is 245 g/mol. The molecule has 2 rings (SSSR count). The van der Waals surface area contributed by atoms with E-state index in [0.29, 0.717) is 5.75 Å². The lowest BCUT2D eigenvalue weighted by molar-refractivity contribution is 0.281. The van der Waals surface area contributed by atoms with E-state index < -0.39 is 5.82 Å². The van der Waals surface area contributed by atoms with Crippen molar-refractivity contribution < 1.29 is 14.2 Å². The fourth-order valence-electron chi connectivity index (χ4n) is 1.70. The van der Waals surface area contributed by atoms with Crippen molar-refractivity contribution in [2.75, 3.05) is 0 Å². The van der Waals surface area contributed by atoms with Crippen LogP contribution >= 0.6 is 0 Å². The zero-order valence-corrected chi connectivity index (χ0v) is 10.4. The molecule has 2 aromatic carbocycles. The van der Waals surface area contributed by atoms with Crippen LogP contribution in [0.25, 0.3) is 0 Å². The standard InChI is InChI=1S/C15H12FNO2/c1-10-6-12(9-18)3-4-14(10)19-15-5-2-11(8-17)7-13(15)16/h2-7,18H,9H2,1H3. The predicted octanol–water partition coefficient (Wildman–Crippen LogP) is 3.29. The predicted molar refractivity (Wildman–Crippen MR) is 68.3 cm³/mol. The lowest BCUT2D eigenvalue weighted by Crippen LogP contribution is -1.93. The Morgan fingerprint density at radius 1 is 1.21 bits per heavy atom. The van der Waals surface area contributed by atoms with Gasteiger partial charge in [0.25, 0.3) is 0 Å². The third kappa shape index (κ3) is 2.90. The van der Waals surface area contributed by atoms with E-state index in [1.54, 1.807) is 18.2 Å². The number of halogens is 1. The Kier molecular flexibility index (Phi) is 3.79. The molecule has 0 unspecified atom stereocenters. The number of hydrogen-bond acceptors (Lipinski definition) is 3. The fraction of sp³-hybridized carbons (Fsp3) is 0.133. The first-order chi connectivity index (χ1) is 9.13. The summed E-state index contributed by atoms with van der Waals surface area (Å²) < 4.78 is 19.2. The molecule has 0 heterocycles. The first-order valence-electron chi connectivity index (χ1n) is 5.72. The van der Waals surface area contributed by atoms with Gasteiger partial charge < -0.3 is 9.84 Å². The molecule has 0 aliphatic heterocycles. The summed E-state index contributed by atoms with van der Waals surface area (Å²) in [5.41, 5.74) is 1.82. The van der Waals surface area contributed by atoms with E-state index in [9.17, 15) is 4.39 Å². The van der Waals surface area contributed by atoms with Crippen LogP contribution in [0.4, 0.5) is 4.39 Å². The molecule has 4 heteroatoms. The van der Waals surface area contributed by atoms with E-state index in [4.69, 9.17) is 15.1 Å². The zero-order valence-electron chi connectivity index (χ0n) is 10.4. The molecule has 0 aliphatic rings. The van der Waals surface area contributed by atoms with Crippen molar-refractivity contribution in [3.05, 3.63) is 58.9 Å². The van der Waals surface area contributed by atoms with Crippen LogP contribution in [0.2, 0.25) is 0 Å². The normalized spacial score (nSPS) is 10.0. The molecule has 0 atom stereocenters. The summed E-state index contributed by atoms with van der Waals surface area (Å²) in [6.07, 6.45) is 0. The smallest absolute Gasteiger partial charge is 0.167 e. The van der Waals surface area contributed by atoms with Crippen LogP contribution in [0, 0.1) is 24.1 Å². The second-order valence-corrected chi connectivity index (χ2v) is 4.12. The summed E-state index contributed by atoms with van der Waals surface area (Å²) in [6.45, 7) is 1.77. The Hall–Kier alpha value is -2.38. The van der Waals surface area contributed by atoms with Crippen LogP contribution in [0.1, 0.15) is 16.7 Å². The molecule has 0 amide bonds. The Labute approximate surface area is 110 Å². The first-order valence-corrected chi connectivity index (χ1v) is 5.72. The largest absolute Gasteiger partial charge is 0.454 e. The maximum absolute atomic E-state index is 13.7. The van der Waals surface area contributed by atoms with Crippen LogP contribution in [-0.4, -0.2) is 5.11 Å². The summed E-state index contributed by atoms with van der Waals surface area (Å²) in [6, 6.07) is 11.1. The molecule has 0 aliphatic carbocycles. The van der Waals surface area contributed by atoms with Crippen molar-refractivity contribution in [3.63, 3.8) is 0 Å². The lowest BCUT2D eigenvalue weighted by Gasteiger charge is -2.10. The minimum Gasteiger partial charge on any atom is -0.454 e. The Morgan fingerprint density at radius 2 is 1.95 bits per heavy atom. The number of aliphatic hydroxyl groups is 1. The van der Waals surface area contributed by atoms with E-state index in [1.165, 1.54) is 12.1 Å².